The fourth-order valence-corrected chi connectivity index (χ4v) is 6.53. The highest BCUT2D eigenvalue weighted by atomic mass is 19.4. The van der Waals surface area contributed by atoms with E-state index in [-0.39, 0.29) is 61.2 Å². The lowest BCUT2D eigenvalue weighted by Crippen LogP contribution is -2.56. The van der Waals surface area contributed by atoms with E-state index in [1.54, 1.807) is 17.3 Å². The number of alkyl halides is 3. The minimum absolute atomic E-state index is 0.000521. The number of aromatic nitrogens is 2. The zero-order chi connectivity index (χ0) is 30.6. The molecule has 2 aromatic heterocycles. The van der Waals surface area contributed by atoms with Crippen molar-refractivity contribution in [3.63, 3.8) is 0 Å². The summed E-state index contributed by atoms with van der Waals surface area (Å²) in [5, 5.41) is 6.40. The van der Waals surface area contributed by atoms with E-state index in [0.29, 0.717) is 56.3 Å². The Balaban J connectivity index is 1.41. The lowest BCUT2D eigenvalue weighted by atomic mass is 9.81. The summed E-state index contributed by atoms with van der Waals surface area (Å²) in [7, 11) is 0. The average Bonchev–Trinajstić information content (AvgIpc) is 3.53. The van der Waals surface area contributed by atoms with Crippen molar-refractivity contribution in [2.24, 2.45) is 11.8 Å². The summed E-state index contributed by atoms with van der Waals surface area (Å²) < 4.78 is 45.6. The zero-order valence-electron chi connectivity index (χ0n) is 24.8. The van der Waals surface area contributed by atoms with Gasteiger partial charge in [-0.2, -0.15) is 13.2 Å². The molecule has 0 aromatic carbocycles. The van der Waals surface area contributed by atoms with Crippen molar-refractivity contribution >= 4 is 17.5 Å². The number of carbonyl (C=O) groups excluding carboxylic acids is 2. The first-order valence-electron chi connectivity index (χ1n) is 15.4. The number of piperazine rings is 1. The largest absolute Gasteiger partial charge is 0.492 e. The Bertz CT molecular complexity index is 1260. The van der Waals surface area contributed by atoms with Gasteiger partial charge < -0.3 is 25.2 Å². The van der Waals surface area contributed by atoms with Crippen LogP contribution in [-0.4, -0.2) is 84.3 Å². The van der Waals surface area contributed by atoms with Gasteiger partial charge in [0.2, 0.25) is 5.91 Å². The summed E-state index contributed by atoms with van der Waals surface area (Å²) in [6, 6.07) is 5.45. The first kappa shape index (κ1) is 31.0. The van der Waals surface area contributed by atoms with Crippen LogP contribution in [0.25, 0.3) is 11.3 Å². The summed E-state index contributed by atoms with van der Waals surface area (Å²) in [5.74, 6) is -1.49. The molecule has 1 saturated carbocycles. The highest BCUT2D eigenvalue weighted by molar-refractivity contribution is 5.99. The van der Waals surface area contributed by atoms with Crippen molar-refractivity contribution in [3.05, 3.63) is 36.3 Å². The minimum Gasteiger partial charge on any atom is -0.492 e. The standard InChI is InChI=1S/C31H41F3N6O3/c1-3-24-19-39(30(42)20-7-9-22(10-8-20)31(32,33)34)14-15-40(24)25-16-26(43-4-2)27(21-6-5-12-35-17-21)38-28(25)29(41)37-23-11-13-36-18-23/h5-6,12,16-17,20,22-24,36H,3-4,7-11,13-15,18-19H2,1-2H3,(H,37,41)/t20-,22+,23-,24-/m1/s1. The average molecular weight is 603 g/mol. The van der Waals surface area contributed by atoms with Crippen molar-refractivity contribution in [1.82, 2.24) is 25.5 Å². The number of hydrogen-bond donors (Lipinski definition) is 2. The lowest BCUT2D eigenvalue weighted by molar-refractivity contribution is -0.185. The molecule has 234 valence electrons. The Kier molecular flexibility index (Phi) is 9.73. The zero-order valence-corrected chi connectivity index (χ0v) is 24.8. The third-order valence-corrected chi connectivity index (χ3v) is 8.93. The van der Waals surface area contributed by atoms with E-state index < -0.39 is 12.1 Å². The second-order valence-corrected chi connectivity index (χ2v) is 11.7. The second kappa shape index (κ2) is 13.5. The Labute approximate surface area is 250 Å². The van der Waals surface area contributed by atoms with E-state index in [0.717, 1.165) is 18.5 Å². The molecule has 4 heterocycles. The van der Waals surface area contributed by atoms with E-state index >= 15 is 0 Å². The molecular weight excluding hydrogens is 561 g/mol. The molecule has 43 heavy (non-hydrogen) atoms. The number of amides is 2. The molecule has 12 heteroatoms. The summed E-state index contributed by atoms with van der Waals surface area (Å²) in [6.07, 6.45) is 1.22. The Morgan fingerprint density at radius 2 is 1.93 bits per heavy atom. The van der Waals surface area contributed by atoms with Gasteiger partial charge in [-0.05, 0) is 64.1 Å². The highest BCUT2D eigenvalue weighted by Gasteiger charge is 2.43. The van der Waals surface area contributed by atoms with Gasteiger partial charge in [0.1, 0.15) is 11.4 Å². The molecule has 2 aliphatic heterocycles. The quantitative estimate of drug-likeness (QED) is 0.461. The predicted molar refractivity (Wildman–Crippen MR) is 157 cm³/mol. The van der Waals surface area contributed by atoms with Gasteiger partial charge in [0.25, 0.3) is 5.91 Å². The fourth-order valence-electron chi connectivity index (χ4n) is 6.53. The van der Waals surface area contributed by atoms with Crippen LogP contribution in [-0.2, 0) is 4.79 Å². The van der Waals surface area contributed by atoms with Gasteiger partial charge in [0, 0.05) is 68.2 Å². The van der Waals surface area contributed by atoms with Gasteiger partial charge in [-0.3, -0.25) is 14.6 Å². The van der Waals surface area contributed by atoms with Crippen molar-refractivity contribution in [2.45, 2.75) is 70.6 Å². The fraction of sp³-hybridized carbons (Fsp3) is 0.613. The van der Waals surface area contributed by atoms with Gasteiger partial charge in [-0.25, -0.2) is 4.98 Å². The molecule has 2 atom stereocenters. The molecule has 5 rings (SSSR count). The molecule has 2 aromatic rings. The Morgan fingerprint density at radius 1 is 1.14 bits per heavy atom. The predicted octanol–water partition coefficient (Wildman–Crippen LogP) is 4.43. The van der Waals surface area contributed by atoms with Crippen LogP contribution in [0, 0.1) is 11.8 Å². The number of nitrogens with zero attached hydrogens (tertiary/aromatic N) is 4. The molecule has 0 unspecified atom stereocenters. The monoisotopic (exact) mass is 602 g/mol. The van der Waals surface area contributed by atoms with Crippen LogP contribution < -0.4 is 20.3 Å². The molecule has 3 fully saturated rings. The first-order chi connectivity index (χ1) is 20.7. The molecular formula is C31H41F3N6O3. The first-order valence-corrected chi connectivity index (χ1v) is 15.4. The molecule has 0 radical (unpaired) electrons. The molecule has 0 spiro atoms. The van der Waals surface area contributed by atoms with E-state index in [9.17, 15) is 22.8 Å². The molecule has 2 N–H and O–H groups in total. The maximum atomic E-state index is 13.8. The van der Waals surface area contributed by atoms with Crippen molar-refractivity contribution in [3.8, 4) is 17.0 Å². The summed E-state index contributed by atoms with van der Waals surface area (Å²) in [5.41, 5.74) is 2.20. The third-order valence-electron chi connectivity index (χ3n) is 8.93. The van der Waals surface area contributed by atoms with Crippen LogP contribution in [0.4, 0.5) is 18.9 Å². The van der Waals surface area contributed by atoms with Crippen LogP contribution in [0.5, 0.6) is 5.75 Å². The topological polar surface area (TPSA) is 99.7 Å². The molecule has 2 amide bonds. The summed E-state index contributed by atoms with van der Waals surface area (Å²) in [6.45, 7) is 7.16. The van der Waals surface area contributed by atoms with Crippen LogP contribution in [0.15, 0.2) is 30.6 Å². The van der Waals surface area contributed by atoms with E-state index in [1.807, 2.05) is 32.0 Å². The number of carbonyl (C=O) groups is 2. The van der Waals surface area contributed by atoms with E-state index in [4.69, 9.17) is 9.72 Å². The van der Waals surface area contributed by atoms with Crippen molar-refractivity contribution < 1.29 is 27.5 Å². The highest BCUT2D eigenvalue weighted by Crippen LogP contribution is 2.41. The number of ether oxygens (including phenoxy) is 1. The number of halogens is 3. The lowest BCUT2D eigenvalue weighted by Gasteiger charge is -2.44. The molecule has 3 aliphatic rings. The van der Waals surface area contributed by atoms with Crippen molar-refractivity contribution in [2.75, 3.05) is 44.2 Å². The van der Waals surface area contributed by atoms with Gasteiger partial charge in [0.05, 0.1) is 18.2 Å². The van der Waals surface area contributed by atoms with Gasteiger partial charge in [-0.15, -0.1) is 0 Å². The van der Waals surface area contributed by atoms with Gasteiger partial charge >= 0.3 is 6.18 Å². The van der Waals surface area contributed by atoms with E-state index in [2.05, 4.69) is 20.5 Å². The van der Waals surface area contributed by atoms with Crippen LogP contribution in [0.3, 0.4) is 0 Å². The summed E-state index contributed by atoms with van der Waals surface area (Å²) in [4.78, 5) is 40.3. The molecule has 9 nitrogen and oxygen atoms in total. The smallest absolute Gasteiger partial charge is 0.391 e. The van der Waals surface area contributed by atoms with Crippen LogP contribution in [0.1, 0.15) is 62.9 Å². The Hall–Kier alpha value is -3.41. The van der Waals surface area contributed by atoms with Gasteiger partial charge in [-0.1, -0.05) is 6.92 Å². The SMILES string of the molecule is CCOc1cc(N2CCN(C(=O)[C@H]3CC[C@@H](C(F)(F)F)CC3)C[C@H]2CC)c(C(=O)N[C@@H]2CCNC2)nc1-c1cccnc1. The minimum atomic E-state index is -4.20. The molecule has 2 saturated heterocycles. The van der Waals surface area contributed by atoms with E-state index in [1.165, 1.54) is 0 Å². The van der Waals surface area contributed by atoms with Gasteiger partial charge in [0.15, 0.2) is 5.69 Å². The number of anilines is 1. The number of nitrogens with one attached hydrogen (secondary N) is 2. The van der Waals surface area contributed by atoms with Crippen LogP contribution in [0.2, 0.25) is 0 Å². The maximum absolute atomic E-state index is 13.8. The van der Waals surface area contributed by atoms with Crippen LogP contribution >= 0.6 is 0 Å². The number of pyridine rings is 2. The molecule has 0 bridgehead atoms. The number of hydrogen-bond acceptors (Lipinski definition) is 7. The molecule has 1 aliphatic carbocycles. The second-order valence-electron chi connectivity index (χ2n) is 11.7. The maximum Gasteiger partial charge on any atom is 0.391 e. The third kappa shape index (κ3) is 7.05. The Morgan fingerprint density at radius 3 is 2.56 bits per heavy atom. The normalized spacial score (nSPS) is 24.6. The van der Waals surface area contributed by atoms with Crippen molar-refractivity contribution in [1.29, 1.82) is 0 Å². The number of rotatable bonds is 8. The summed E-state index contributed by atoms with van der Waals surface area (Å²) >= 11 is 0.